The predicted octanol–water partition coefficient (Wildman–Crippen LogP) is -1.74. The van der Waals surface area contributed by atoms with Crippen LogP contribution in [0.4, 0.5) is 0 Å². The molecule has 2 nitrogen and oxygen atoms in total. The van der Waals surface area contributed by atoms with Crippen LogP contribution in [0.2, 0.25) is 0 Å². The average Bonchev–Trinajstić information content (AvgIpc) is 1.63. The number of hydrogen-bond acceptors (Lipinski definition) is 1. The molecule has 0 unspecified atom stereocenters. The average molecular weight is 254 g/mol. The molecule has 0 heterocycles. The summed E-state index contributed by atoms with van der Waals surface area (Å²) in [5.74, 6) is 0. The molecule has 0 rings (SSSR count). The van der Waals surface area contributed by atoms with E-state index in [1.54, 1.807) is 6.21 Å². The van der Waals surface area contributed by atoms with Crippen molar-refractivity contribution in [3.05, 3.63) is 12.2 Å². The summed E-state index contributed by atoms with van der Waals surface area (Å²) >= 11 is 0. The van der Waals surface area contributed by atoms with Crippen LogP contribution in [0.3, 0.4) is 0 Å². The van der Waals surface area contributed by atoms with Gasteiger partial charge in [-0.2, -0.15) is 0 Å². The minimum Gasteiger partial charge on any atom is -1.00 e. The van der Waals surface area contributed by atoms with Gasteiger partial charge in [-0.25, -0.2) is 4.59 Å². The number of rotatable bonds is 2. The van der Waals surface area contributed by atoms with Crippen molar-refractivity contribution in [2.75, 3.05) is 21.1 Å². The monoisotopic (exact) mass is 254 g/mol. The lowest BCUT2D eigenvalue weighted by Crippen LogP contribution is -3.00. The first-order valence-electron chi connectivity index (χ1n) is 3.04. The van der Waals surface area contributed by atoms with Gasteiger partial charge in [0.15, 0.2) is 0 Å². The highest BCUT2D eigenvalue weighted by atomic mass is 127. The molecule has 0 aliphatic rings. The Morgan fingerprint density at radius 2 is 1.70 bits per heavy atom. The molecule has 0 fully saturated rings. The highest BCUT2D eigenvalue weighted by Gasteiger charge is 1.98. The third-order valence-corrected chi connectivity index (χ3v) is 0.692. The van der Waals surface area contributed by atoms with Crippen molar-refractivity contribution < 1.29 is 28.6 Å². The summed E-state index contributed by atoms with van der Waals surface area (Å²) in [6.45, 7) is 1.97. The van der Waals surface area contributed by atoms with E-state index in [0.29, 0.717) is 4.59 Å². The zero-order chi connectivity index (χ0) is 7.33. The van der Waals surface area contributed by atoms with Gasteiger partial charge in [-0.3, -0.25) is 0 Å². The van der Waals surface area contributed by atoms with Gasteiger partial charge in [0.05, 0.1) is 27.4 Å². The lowest BCUT2D eigenvalue weighted by atomic mass is 10.6. The number of nitrogens with zero attached hydrogens (tertiary/aromatic N) is 2. The van der Waals surface area contributed by atoms with Crippen LogP contribution < -0.4 is 24.0 Å². The zero-order valence-corrected chi connectivity index (χ0v) is 9.16. The molecular weight excluding hydrogens is 239 g/mol. The molecule has 0 saturated heterocycles. The van der Waals surface area contributed by atoms with E-state index >= 15 is 0 Å². The van der Waals surface area contributed by atoms with Crippen molar-refractivity contribution in [1.82, 2.24) is 0 Å². The zero-order valence-electron chi connectivity index (χ0n) is 7.00. The smallest absolute Gasteiger partial charge is 0.0923 e. The van der Waals surface area contributed by atoms with E-state index in [4.69, 9.17) is 0 Å². The van der Waals surface area contributed by atoms with Gasteiger partial charge in [0.25, 0.3) is 0 Å². The summed E-state index contributed by atoms with van der Waals surface area (Å²) in [6.07, 6.45) is 5.68. The minimum absolute atomic E-state index is 0. The standard InChI is InChI=1S/C7H15N2.HI/c1-5-6-7-8-9(2,3)4;/h5-7H,1-4H3;1H/q+1;/p-1. The van der Waals surface area contributed by atoms with Crippen LogP contribution in [0.25, 0.3) is 0 Å². The maximum absolute atomic E-state index is 4.17. The van der Waals surface area contributed by atoms with E-state index in [-0.39, 0.29) is 24.0 Å². The molecule has 0 saturated carbocycles. The highest BCUT2D eigenvalue weighted by molar-refractivity contribution is 5.70. The van der Waals surface area contributed by atoms with Crippen molar-refractivity contribution in [2.45, 2.75) is 6.92 Å². The summed E-state index contributed by atoms with van der Waals surface area (Å²) in [6, 6.07) is 0. The van der Waals surface area contributed by atoms with Gasteiger partial charge in [0, 0.05) is 0 Å². The lowest BCUT2D eigenvalue weighted by molar-refractivity contribution is -0.876. The molecule has 0 aliphatic carbocycles. The Morgan fingerprint density at radius 1 is 1.20 bits per heavy atom. The molecule has 0 aromatic heterocycles. The fourth-order valence-electron chi connectivity index (χ4n) is 0.325. The van der Waals surface area contributed by atoms with Crippen LogP contribution >= 0.6 is 0 Å². The molecule has 10 heavy (non-hydrogen) atoms. The SMILES string of the molecule is CC=CC=N[N+](C)(C)C.[I-]. The topological polar surface area (TPSA) is 12.4 Å². The van der Waals surface area contributed by atoms with E-state index in [2.05, 4.69) is 5.10 Å². The van der Waals surface area contributed by atoms with Crippen LogP contribution in [0.5, 0.6) is 0 Å². The summed E-state index contributed by atoms with van der Waals surface area (Å²) in [7, 11) is 6.04. The second-order valence-corrected chi connectivity index (χ2v) is 2.73. The molecule has 0 N–H and O–H groups in total. The molecule has 0 bridgehead atoms. The second-order valence-electron chi connectivity index (χ2n) is 2.73. The quantitative estimate of drug-likeness (QED) is 0.240. The molecule has 0 atom stereocenters. The largest absolute Gasteiger partial charge is 1.00 e. The Balaban J connectivity index is 0. The van der Waals surface area contributed by atoms with Gasteiger partial charge in [-0.1, -0.05) is 11.2 Å². The van der Waals surface area contributed by atoms with Crippen LogP contribution in [0.1, 0.15) is 6.92 Å². The Kier molecular flexibility index (Phi) is 7.46. The van der Waals surface area contributed by atoms with E-state index in [1.807, 2.05) is 40.2 Å². The third kappa shape index (κ3) is 11.0. The molecule has 0 aromatic carbocycles. The first-order chi connectivity index (χ1) is 4.06. The minimum atomic E-state index is 0. The Bertz CT molecular complexity index is 122. The molecule has 0 aliphatic heterocycles. The Morgan fingerprint density at radius 3 is 2.00 bits per heavy atom. The number of hydrogen-bond donors (Lipinski definition) is 0. The van der Waals surface area contributed by atoms with Crippen LogP contribution in [0.15, 0.2) is 17.3 Å². The van der Waals surface area contributed by atoms with Gasteiger partial charge in [-0.15, -0.1) is 0 Å². The Hall–Kier alpha value is 0.1000. The van der Waals surface area contributed by atoms with Gasteiger partial charge in [-0.05, 0) is 13.0 Å². The van der Waals surface area contributed by atoms with Crippen molar-refractivity contribution in [3.8, 4) is 0 Å². The van der Waals surface area contributed by atoms with E-state index in [9.17, 15) is 0 Å². The van der Waals surface area contributed by atoms with Gasteiger partial charge >= 0.3 is 0 Å². The normalized spacial score (nSPS) is 12.4. The summed E-state index contributed by atoms with van der Waals surface area (Å²) < 4.78 is 0.629. The van der Waals surface area contributed by atoms with Crippen molar-refractivity contribution in [3.63, 3.8) is 0 Å². The summed E-state index contributed by atoms with van der Waals surface area (Å²) in [5.41, 5.74) is 0. The molecule has 0 aromatic rings. The molecule has 0 spiro atoms. The van der Waals surface area contributed by atoms with E-state index in [0.717, 1.165) is 0 Å². The fraction of sp³-hybridized carbons (Fsp3) is 0.571. The molecular formula is C7H15IN2. The number of allylic oxidation sites excluding steroid dienone is 2. The van der Waals surface area contributed by atoms with Gasteiger partial charge in [0.2, 0.25) is 0 Å². The maximum Gasteiger partial charge on any atom is 0.0923 e. The van der Waals surface area contributed by atoms with Crippen molar-refractivity contribution >= 4 is 6.21 Å². The fourth-order valence-corrected chi connectivity index (χ4v) is 0.325. The predicted molar refractivity (Wildman–Crippen MR) is 41.3 cm³/mol. The number of halogens is 1. The lowest BCUT2D eigenvalue weighted by Gasteiger charge is -2.13. The van der Waals surface area contributed by atoms with Gasteiger partial charge in [0.1, 0.15) is 0 Å². The third-order valence-electron chi connectivity index (χ3n) is 0.692. The second kappa shape index (κ2) is 5.85. The van der Waals surface area contributed by atoms with E-state index in [1.165, 1.54) is 0 Å². The molecule has 0 radical (unpaired) electrons. The molecule has 3 heteroatoms. The maximum atomic E-state index is 4.17. The van der Waals surface area contributed by atoms with Crippen molar-refractivity contribution in [1.29, 1.82) is 0 Å². The molecule has 0 amide bonds. The van der Waals surface area contributed by atoms with Crippen LogP contribution in [0, 0.1) is 0 Å². The highest BCUT2D eigenvalue weighted by Crippen LogP contribution is 1.87. The van der Waals surface area contributed by atoms with Gasteiger partial charge < -0.3 is 24.0 Å². The van der Waals surface area contributed by atoms with Crippen molar-refractivity contribution in [2.24, 2.45) is 5.10 Å². The Labute approximate surface area is 80.2 Å². The summed E-state index contributed by atoms with van der Waals surface area (Å²) in [5, 5.41) is 4.17. The van der Waals surface area contributed by atoms with Crippen LogP contribution in [-0.2, 0) is 0 Å². The number of quaternary nitrogens is 1. The molecule has 60 valence electrons. The first-order valence-corrected chi connectivity index (χ1v) is 3.04. The van der Waals surface area contributed by atoms with E-state index < -0.39 is 0 Å². The first kappa shape index (κ1) is 12.7. The van der Waals surface area contributed by atoms with Crippen LogP contribution in [-0.4, -0.2) is 31.9 Å². The summed E-state index contributed by atoms with van der Waals surface area (Å²) in [4.78, 5) is 0.